The van der Waals surface area contributed by atoms with Crippen molar-refractivity contribution in [1.29, 1.82) is 0 Å². The molecule has 0 atom stereocenters. The van der Waals surface area contributed by atoms with Crippen molar-refractivity contribution in [2.75, 3.05) is 10.2 Å². The third kappa shape index (κ3) is 5.33. The second-order valence-corrected chi connectivity index (χ2v) is 8.80. The van der Waals surface area contributed by atoms with Gasteiger partial charge in [0.2, 0.25) is 11.8 Å². The fourth-order valence-electron chi connectivity index (χ4n) is 2.93. The molecule has 0 radical (unpaired) electrons. The van der Waals surface area contributed by atoms with Crippen LogP contribution in [0.1, 0.15) is 12.6 Å². The Morgan fingerprint density at radius 3 is 2.58 bits per heavy atom. The molecule has 4 aromatic rings. The number of nitrogens with zero attached hydrogens (tertiary/aromatic N) is 3. The van der Waals surface area contributed by atoms with Crippen molar-refractivity contribution in [2.24, 2.45) is 0 Å². The standard InChI is InChI=1S/C23H16ClFN4O2S2/c1-14(30)29(20-9-5-4-8-18(20)25)23-26-15(12-33-23)10-11-21(31)28-22-27-19(13-32-22)16-6-2-3-7-17(16)24/h2-13H,1H3,(H,27,28,31)/b11-10+. The number of nitrogens with one attached hydrogen (secondary N) is 1. The van der Waals surface area contributed by atoms with E-state index in [0.717, 1.165) is 5.56 Å². The molecular weight excluding hydrogens is 483 g/mol. The number of anilines is 3. The number of amides is 2. The average molecular weight is 499 g/mol. The number of benzene rings is 2. The minimum absolute atomic E-state index is 0.116. The Hall–Kier alpha value is -3.40. The summed E-state index contributed by atoms with van der Waals surface area (Å²) < 4.78 is 14.2. The molecule has 2 heterocycles. The molecule has 4 rings (SSSR count). The predicted molar refractivity (Wildman–Crippen MR) is 132 cm³/mol. The molecule has 0 spiro atoms. The van der Waals surface area contributed by atoms with E-state index >= 15 is 0 Å². The molecular formula is C23H16ClFN4O2S2. The van der Waals surface area contributed by atoms with E-state index in [1.54, 1.807) is 23.6 Å². The molecule has 6 nitrogen and oxygen atoms in total. The lowest BCUT2D eigenvalue weighted by molar-refractivity contribution is -0.116. The van der Waals surface area contributed by atoms with Crippen LogP contribution in [0.5, 0.6) is 0 Å². The molecule has 10 heteroatoms. The number of carbonyl (C=O) groups excluding carboxylic acids is 2. The fraction of sp³-hybridized carbons (Fsp3) is 0.0435. The molecule has 2 aromatic heterocycles. The van der Waals surface area contributed by atoms with E-state index in [1.165, 1.54) is 58.8 Å². The zero-order valence-electron chi connectivity index (χ0n) is 17.2. The summed E-state index contributed by atoms with van der Waals surface area (Å²) in [5.74, 6) is -1.29. The minimum Gasteiger partial charge on any atom is -0.298 e. The number of hydrogen-bond donors (Lipinski definition) is 1. The Balaban J connectivity index is 1.45. The molecule has 33 heavy (non-hydrogen) atoms. The van der Waals surface area contributed by atoms with Crippen molar-refractivity contribution in [2.45, 2.75) is 6.92 Å². The van der Waals surface area contributed by atoms with Crippen molar-refractivity contribution in [3.63, 3.8) is 0 Å². The van der Waals surface area contributed by atoms with Crippen molar-refractivity contribution in [3.8, 4) is 11.3 Å². The first-order valence-electron chi connectivity index (χ1n) is 9.62. The first-order valence-corrected chi connectivity index (χ1v) is 11.8. The highest BCUT2D eigenvalue weighted by atomic mass is 35.5. The van der Waals surface area contributed by atoms with Gasteiger partial charge < -0.3 is 0 Å². The molecule has 0 saturated heterocycles. The largest absolute Gasteiger partial charge is 0.298 e. The van der Waals surface area contributed by atoms with E-state index in [9.17, 15) is 14.0 Å². The molecule has 0 unspecified atom stereocenters. The lowest BCUT2D eigenvalue weighted by Gasteiger charge is -2.18. The second kappa shape index (κ2) is 10.0. The van der Waals surface area contributed by atoms with Crippen LogP contribution in [0, 0.1) is 5.82 Å². The molecule has 2 aromatic carbocycles. The number of thiazole rings is 2. The van der Waals surface area contributed by atoms with Crippen LogP contribution in [0.25, 0.3) is 17.3 Å². The SMILES string of the molecule is CC(=O)N(c1nc(/C=C/C(=O)Nc2nc(-c3ccccc3Cl)cs2)cs1)c1ccccc1F. The van der Waals surface area contributed by atoms with E-state index in [2.05, 4.69) is 15.3 Å². The van der Waals surface area contributed by atoms with Gasteiger partial charge in [-0.25, -0.2) is 14.4 Å². The quantitative estimate of drug-likeness (QED) is 0.312. The van der Waals surface area contributed by atoms with Gasteiger partial charge in [0.05, 0.1) is 17.1 Å². The Kier molecular flexibility index (Phi) is 6.93. The van der Waals surface area contributed by atoms with Gasteiger partial charge in [0.25, 0.3) is 0 Å². The number of aromatic nitrogens is 2. The minimum atomic E-state index is -0.529. The fourth-order valence-corrected chi connectivity index (χ4v) is 4.72. The van der Waals surface area contributed by atoms with E-state index in [1.807, 2.05) is 23.6 Å². The number of carbonyl (C=O) groups is 2. The first-order chi connectivity index (χ1) is 15.9. The zero-order chi connectivity index (χ0) is 23.4. The van der Waals surface area contributed by atoms with E-state index in [-0.39, 0.29) is 17.5 Å². The Labute approximate surface area is 202 Å². The summed E-state index contributed by atoms with van der Waals surface area (Å²) in [5.41, 5.74) is 2.03. The molecule has 166 valence electrons. The maximum absolute atomic E-state index is 14.2. The maximum atomic E-state index is 14.2. The van der Waals surface area contributed by atoms with Gasteiger partial charge in [-0.2, -0.15) is 0 Å². The van der Waals surface area contributed by atoms with Gasteiger partial charge in [0, 0.05) is 34.3 Å². The van der Waals surface area contributed by atoms with Crippen LogP contribution in [0.4, 0.5) is 20.3 Å². The van der Waals surface area contributed by atoms with Gasteiger partial charge in [-0.3, -0.25) is 19.8 Å². The van der Waals surface area contributed by atoms with Crippen molar-refractivity contribution < 1.29 is 14.0 Å². The van der Waals surface area contributed by atoms with E-state index < -0.39 is 5.82 Å². The highest BCUT2D eigenvalue weighted by Gasteiger charge is 2.20. The average Bonchev–Trinajstić information content (AvgIpc) is 3.44. The van der Waals surface area contributed by atoms with Crippen molar-refractivity contribution in [1.82, 2.24) is 9.97 Å². The second-order valence-electron chi connectivity index (χ2n) is 6.70. The third-order valence-corrected chi connectivity index (χ3v) is 6.33. The van der Waals surface area contributed by atoms with Crippen molar-refractivity contribution in [3.05, 3.63) is 81.9 Å². The number of rotatable bonds is 6. The topological polar surface area (TPSA) is 75.2 Å². The zero-order valence-corrected chi connectivity index (χ0v) is 19.5. The molecule has 1 N–H and O–H groups in total. The van der Waals surface area contributed by atoms with E-state index in [0.29, 0.717) is 26.7 Å². The van der Waals surface area contributed by atoms with Gasteiger partial charge in [-0.15, -0.1) is 22.7 Å². The summed E-state index contributed by atoms with van der Waals surface area (Å²) in [7, 11) is 0. The molecule has 0 fully saturated rings. The monoisotopic (exact) mass is 498 g/mol. The normalized spacial score (nSPS) is 11.0. The van der Waals surface area contributed by atoms with Crippen LogP contribution in [-0.4, -0.2) is 21.8 Å². The number of para-hydroxylation sites is 1. The van der Waals surface area contributed by atoms with Crippen LogP contribution >= 0.6 is 34.3 Å². The van der Waals surface area contributed by atoms with Gasteiger partial charge in [0.15, 0.2) is 10.3 Å². The summed E-state index contributed by atoms with van der Waals surface area (Å²) in [4.78, 5) is 34.4. The Morgan fingerprint density at radius 1 is 1.06 bits per heavy atom. The van der Waals surface area contributed by atoms with Gasteiger partial charge in [-0.1, -0.05) is 41.9 Å². The smallest absolute Gasteiger partial charge is 0.250 e. The lowest BCUT2D eigenvalue weighted by Crippen LogP contribution is -2.23. The number of hydrogen-bond acceptors (Lipinski definition) is 6. The van der Waals surface area contributed by atoms with Crippen LogP contribution in [0.2, 0.25) is 5.02 Å². The molecule has 0 aliphatic heterocycles. The molecule has 0 aliphatic rings. The van der Waals surface area contributed by atoms with Gasteiger partial charge in [-0.05, 0) is 24.3 Å². The Bertz CT molecular complexity index is 1350. The first kappa shape index (κ1) is 22.8. The summed E-state index contributed by atoms with van der Waals surface area (Å²) >= 11 is 8.65. The molecule has 0 aliphatic carbocycles. The molecule has 0 bridgehead atoms. The van der Waals surface area contributed by atoms with E-state index in [4.69, 9.17) is 11.6 Å². The Morgan fingerprint density at radius 2 is 1.82 bits per heavy atom. The number of halogens is 2. The van der Waals surface area contributed by atoms with Crippen LogP contribution in [0.3, 0.4) is 0 Å². The highest BCUT2D eigenvalue weighted by Crippen LogP contribution is 2.32. The predicted octanol–water partition coefficient (Wildman–Crippen LogP) is 6.40. The molecule has 2 amide bonds. The lowest BCUT2D eigenvalue weighted by atomic mass is 10.2. The summed E-state index contributed by atoms with van der Waals surface area (Å²) in [6.07, 6.45) is 2.83. The molecule has 0 saturated carbocycles. The van der Waals surface area contributed by atoms with Crippen molar-refractivity contribution >= 4 is 68.1 Å². The van der Waals surface area contributed by atoms with Crippen LogP contribution < -0.4 is 10.2 Å². The van der Waals surface area contributed by atoms with Crippen LogP contribution in [0.15, 0.2) is 65.4 Å². The third-order valence-electron chi connectivity index (χ3n) is 4.40. The summed E-state index contributed by atoms with van der Waals surface area (Å²) in [6, 6.07) is 13.3. The van der Waals surface area contributed by atoms with Gasteiger partial charge >= 0.3 is 0 Å². The van der Waals surface area contributed by atoms with Gasteiger partial charge in [0.1, 0.15) is 5.82 Å². The maximum Gasteiger partial charge on any atom is 0.250 e. The highest BCUT2D eigenvalue weighted by molar-refractivity contribution is 7.14. The summed E-state index contributed by atoms with van der Waals surface area (Å²) in [5, 5.41) is 7.50. The van der Waals surface area contributed by atoms with Crippen LogP contribution in [-0.2, 0) is 9.59 Å². The summed E-state index contributed by atoms with van der Waals surface area (Å²) in [6.45, 7) is 1.34.